The monoisotopic (exact) mass is 1040 g/mol. The highest BCUT2D eigenvalue weighted by Crippen LogP contribution is 2.57. The van der Waals surface area contributed by atoms with E-state index in [1.54, 1.807) is 0 Å². The molecule has 0 spiro atoms. The van der Waals surface area contributed by atoms with Crippen molar-refractivity contribution in [3.63, 3.8) is 0 Å². The number of fused-ring (bicyclic) bond motifs is 4. The van der Waals surface area contributed by atoms with Crippen molar-refractivity contribution in [2.75, 3.05) is 42.5 Å². The first-order valence-electron chi connectivity index (χ1n) is 28.6. The van der Waals surface area contributed by atoms with Crippen molar-refractivity contribution in [2.45, 2.75) is 131 Å². The number of nitrogens with zero attached hydrogens (tertiary/aromatic N) is 3. The second-order valence-corrected chi connectivity index (χ2v) is 23.2. The Morgan fingerprint density at radius 1 is 0.701 bits per heavy atom. The Kier molecular flexibility index (Phi) is 17.4. The molecule has 9 rings (SSSR count). The van der Waals surface area contributed by atoms with Crippen LogP contribution in [0.4, 0.5) is 34.1 Å². The summed E-state index contributed by atoms with van der Waals surface area (Å²) >= 11 is 0. The number of para-hydroxylation sites is 2. The molecule has 3 aliphatic rings. The van der Waals surface area contributed by atoms with Gasteiger partial charge in [0.25, 0.3) is 0 Å². The van der Waals surface area contributed by atoms with Crippen LogP contribution in [-0.4, -0.2) is 48.7 Å². The second kappa shape index (κ2) is 24.5. The van der Waals surface area contributed by atoms with Gasteiger partial charge in [0.2, 0.25) is 28.5 Å². The fourth-order valence-electron chi connectivity index (χ4n) is 12.8. The van der Waals surface area contributed by atoms with Crippen LogP contribution in [0.5, 0.6) is 0 Å². The van der Waals surface area contributed by atoms with Crippen molar-refractivity contribution >= 4 is 73.7 Å². The maximum Gasteiger partial charge on any atom is 0.239 e. The number of benzene rings is 5. The summed E-state index contributed by atoms with van der Waals surface area (Å²) in [6.07, 6.45) is 17.3. The molecule has 5 aromatic carbocycles. The summed E-state index contributed by atoms with van der Waals surface area (Å²) in [5, 5.41) is 16.3. The maximum atomic E-state index is 14.2. The number of quaternary nitrogens is 1. The number of allylic oxidation sites excluding steroid dienone is 3. The number of unbranched alkanes of at least 4 members (excludes halogenated alkanes) is 6. The third-order valence-electron chi connectivity index (χ3n) is 16.6. The maximum absolute atomic E-state index is 14.2. The largest absolute Gasteiger partial charge is 0.399 e. The summed E-state index contributed by atoms with van der Waals surface area (Å²) in [4.78, 5) is 38.4. The topological polar surface area (TPSA) is 180 Å². The van der Waals surface area contributed by atoms with Crippen LogP contribution in [0, 0.1) is 43.4 Å². The predicted octanol–water partition coefficient (Wildman–Crippen LogP) is 12.1. The molecule has 3 aliphatic carbocycles. The van der Waals surface area contributed by atoms with Gasteiger partial charge in [0.05, 0.1) is 5.41 Å². The van der Waals surface area contributed by atoms with Crippen molar-refractivity contribution in [3.05, 3.63) is 137 Å². The van der Waals surface area contributed by atoms with Crippen LogP contribution in [-0.2, 0) is 9.59 Å². The smallest absolute Gasteiger partial charge is 0.239 e. The molecule has 12 nitrogen and oxygen atoms in total. The van der Waals surface area contributed by atoms with Crippen LogP contribution in [0.3, 0.4) is 0 Å². The van der Waals surface area contributed by atoms with E-state index in [4.69, 9.17) is 21.4 Å². The number of aliphatic imine (C=N–C) groups is 1. The third-order valence-corrected chi connectivity index (χ3v) is 16.6. The number of carbonyl (C=O) groups is 2. The lowest BCUT2D eigenvalue weighted by molar-refractivity contribution is -0.538. The van der Waals surface area contributed by atoms with Crippen molar-refractivity contribution < 1.29 is 19.5 Å². The van der Waals surface area contributed by atoms with E-state index in [0.29, 0.717) is 31.3 Å². The lowest BCUT2D eigenvalue weighted by atomic mass is 9.51. The number of carbonyl (C=O) groups excluding carboxylic acids is 2. The standard InChI is InChI=1S/C65H82N10O2/c1-43-31-48-40-64(6,62(76)70-29-19-9-7-18-28-69-55-38-61-59(35-47(55)5)74-58-33-45(3)53(67)36-60(58)75(61)51-23-15-12-16-24-51)42-65(39-43,41-48)63(77)71-30-20-10-8-17-27-68-54-37-57(72-49-21-13-11-14-22-49)56(34-46(54)4)73-50-25-26-52(66)44(2)32-50/h11-16,21-24,26,32-38,43,48,68,72H,7-10,17-20,25,27-31,39-42,66H2,1-6H3,(H4,67,69,70,71,76,77)/p+2. The molecular weight excluding hydrogens is 953 g/mol. The lowest BCUT2D eigenvalue weighted by Gasteiger charge is -2.52. The summed E-state index contributed by atoms with van der Waals surface area (Å²) in [7, 11) is 0. The Hall–Kier alpha value is -7.05. The predicted molar refractivity (Wildman–Crippen MR) is 317 cm³/mol. The summed E-state index contributed by atoms with van der Waals surface area (Å²) in [5.41, 5.74) is 28.8. The highest BCUT2D eigenvalue weighted by molar-refractivity contribution is 6.00. The van der Waals surface area contributed by atoms with Crippen molar-refractivity contribution in [1.29, 1.82) is 0 Å². The molecule has 12 heteroatoms. The number of hydrogen-bond donors (Lipinski definition) is 7. The number of amides is 2. The minimum Gasteiger partial charge on any atom is -0.399 e. The van der Waals surface area contributed by atoms with E-state index in [-0.39, 0.29) is 11.8 Å². The molecule has 4 atom stereocenters. The minimum absolute atomic E-state index is 0.116. The van der Waals surface area contributed by atoms with Gasteiger partial charge in [0.1, 0.15) is 22.4 Å². The van der Waals surface area contributed by atoms with Crippen LogP contribution in [0.15, 0.2) is 125 Å². The van der Waals surface area contributed by atoms with Crippen molar-refractivity contribution in [2.24, 2.45) is 33.4 Å². The van der Waals surface area contributed by atoms with Gasteiger partial charge in [-0.15, -0.1) is 4.57 Å². The van der Waals surface area contributed by atoms with Gasteiger partial charge in [0, 0.05) is 96.8 Å². The molecule has 10 N–H and O–H groups in total. The Bertz CT molecular complexity index is 3180. The SMILES string of the molecule is CC1=CC(=Nc2cc(C)c(NCCCCCCNC(=O)C34CC(C)CC(CC(C)(C(=O)NCCCCCCNc5cc6c(cc5C)nc5cc(C)c(N)cc5[n+]6-c5ccccc5)C3)C4)cc2[NH2+]c2ccccc2)CC=C1N. The molecule has 1 aromatic heterocycles. The van der Waals surface area contributed by atoms with Crippen molar-refractivity contribution in [1.82, 2.24) is 15.6 Å². The first-order valence-corrected chi connectivity index (χ1v) is 28.6. The molecule has 2 amide bonds. The van der Waals surface area contributed by atoms with Crippen LogP contribution < -0.4 is 42.6 Å². The van der Waals surface area contributed by atoms with Gasteiger partial charge in [-0.05, 0) is 156 Å². The zero-order valence-corrected chi connectivity index (χ0v) is 46.7. The molecule has 2 saturated carbocycles. The van der Waals surface area contributed by atoms with Crippen LogP contribution in [0.1, 0.15) is 127 Å². The molecule has 2 fully saturated rings. The van der Waals surface area contributed by atoms with Crippen LogP contribution in [0.2, 0.25) is 0 Å². The lowest BCUT2D eigenvalue weighted by Crippen LogP contribution is -2.71. The number of nitrogens with one attached hydrogen (secondary N) is 4. The van der Waals surface area contributed by atoms with Gasteiger partial charge >= 0.3 is 0 Å². The zero-order valence-electron chi connectivity index (χ0n) is 46.7. The summed E-state index contributed by atoms with van der Waals surface area (Å²) in [5.74, 6) is 1.14. The molecule has 77 heavy (non-hydrogen) atoms. The Labute approximate surface area is 457 Å². The molecule has 6 aromatic rings. The molecule has 0 saturated heterocycles. The quantitative estimate of drug-likeness (QED) is 0.0153. The van der Waals surface area contributed by atoms with E-state index in [1.807, 2.05) is 38.1 Å². The van der Waals surface area contributed by atoms with E-state index in [1.165, 1.54) is 0 Å². The number of nitrogen functional groups attached to an aromatic ring is 1. The van der Waals surface area contributed by atoms with Gasteiger partial charge in [-0.1, -0.05) is 82.0 Å². The van der Waals surface area contributed by atoms with Gasteiger partial charge in [0.15, 0.2) is 5.69 Å². The van der Waals surface area contributed by atoms with E-state index in [2.05, 4.69) is 144 Å². The molecule has 404 valence electrons. The van der Waals surface area contributed by atoms with Gasteiger partial charge in [-0.2, -0.15) is 0 Å². The molecule has 0 aliphatic heterocycles. The Balaban J connectivity index is 0.705. The Morgan fingerprint density at radius 2 is 1.30 bits per heavy atom. The van der Waals surface area contributed by atoms with E-state index < -0.39 is 10.8 Å². The number of anilines is 3. The van der Waals surface area contributed by atoms with E-state index in [0.717, 1.165) is 192 Å². The molecular formula is C65H84N10O2+2. The first kappa shape index (κ1) is 54.7. The van der Waals surface area contributed by atoms with Gasteiger partial charge in [-0.25, -0.2) is 9.98 Å². The van der Waals surface area contributed by atoms with Gasteiger partial charge in [-0.3, -0.25) is 14.9 Å². The minimum atomic E-state index is -0.549. The number of nitrogens with two attached hydrogens (primary N) is 3. The second-order valence-electron chi connectivity index (χ2n) is 23.2. The fourth-order valence-corrected chi connectivity index (χ4v) is 12.8. The molecule has 4 unspecified atom stereocenters. The molecule has 1 heterocycles. The first-order chi connectivity index (χ1) is 37.2. The zero-order chi connectivity index (χ0) is 54.1. The normalized spacial score (nSPS) is 20.7. The summed E-state index contributed by atoms with van der Waals surface area (Å²) in [6.45, 7) is 15.8. The third kappa shape index (κ3) is 13.2. The number of rotatable bonds is 22. The molecule has 0 radical (unpaired) electrons. The number of hydrogen-bond acceptors (Lipinski definition) is 8. The van der Waals surface area contributed by atoms with E-state index >= 15 is 0 Å². The Morgan fingerprint density at radius 3 is 1.97 bits per heavy atom. The van der Waals surface area contributed by atoms with Crippen LogP contribution >= 0.6 is 0 Å². The average molecular weight is 1040 g/mol. The highest BCUT2D eigenvalue weighted by atomic mass is 16.2. The van der Waals surface area contributed by atoms with Crippen LogP contribution in [0.25, 0.3) is 27.8 Å². The van der Waals surface area contributed by atoms with Crippen molar-refractivity contribution in [3.8, 4) is 5.69 Å². The summed E-state index contributed by atoms with van der Waals surface area (Å²) in [6, 6.07) is 33.7. The van der Waals surface area contributed by atoms with E-state index in [9.17, 15) is 9.59 Å². The van der Waals surface area contributed by atoms with Gasteiger partial charge < -0.3 is 32.7 Å². The highest BCUT2D eigenvalue weighted by Gasteiger charge is 2.55. The summed E-state index contributed by atoms with van der Waals surface area (Å²) < 4.78 is 2.26. The fraction of sp³-hybridized carbons (Fsp3) is 0.431. The number of aromatic nitrogens is 2. The average Bonchev–Trinajstić information content (AvgIpc) is 3.47. The molecule has 2 bridgehead atoms. The number of aryl methyl sites for hydroxylation is 3.